The number of nitrogens with zero attached hydrogens (tertiary/aromatic N) is 1. The Morgan fingerprint density at radius 2 is 1.80 bits per heavy atom. The van der Waals surface area contributed by atoms with Crippen LogP contribution in [0.15, 0.2) is 63.8 Å². The van der Waals surface area contributed by atoms with Crippen molar-refractivity contribution in [2.75, 3.05) is 20.5 Å². The second kappa shape index (κ2) is 11.4. The number of fused-ring (bicyclic) bond motifs is 3. The summed E-state index contributed by atoms with van der Waals surface area (Å²) in [7, 11) is 1.57. The molecule has 0 saturated carbocycles. The SMILES string of the molecule is CCCCCCOc1ccc(C2c3c(oc4ccc(Cl)cc4c3=O)C(=O)N2Cc2ccc3c(c2)OCO3)cc1OC. The molecule has 0 radical (unpaired) electrons. The van der Waals surface area contributed by atoms with Crippen LogP contribution in [-0.4, -0.2) is 31.3 Å². The molecular formula is C32H30ClNO7. The third kappa shape index (κ3) is 5.08. The number of unbranched alkanes of at least 4 members (excludes halogenated alkanes) is 3. The first kappa shape index (κ1) is 27.0. The Bertz CT molecular complexity index is 1680. The van der Waals surface area contributed by atoms with E-state index < -0.39 is 6.04 Å². The molecule has 0 bridgehead atoms. The molecule has 0 fully saturated rings. The van der Waals surface area contributed by atoms with E-state index in [1.807, 2.05) is 36.4 Å². The van der Waals surface area contributed by atoms with E-state index in [0.29, 0.717) is 51.2 Å². The molecule has 9 heteroatoms. The van der Waals surface area contributed by atoms with E-state index in [2.05, 4.69) is 6.92 Å². The van der Waals surface area contributed by atoms with Crippen LogP contribution in [0.4, 0.5) is 0 Å². The van der Waals surface area contributed by atoms with Gasteiger partial charge in [-0.15, -0.1) is 0 Å². The minimum atomic E-state index is -0.727. The molecule has 6 rings (SSSR count). The molecule has 3 aromatic carbocycles. The topological polar surface area (TPSA) is 87.4 Å². The Kier molecular flexibility index (Phi) is 7.49. The standard InChI is InChI=1S/C32H30ClNO7/c1-3-4-5-6-13-38-24-11-8-20(15-26(24)37-2)29-28-30(35)22-16-21(33)9-12-23(22)41-31(28)32(36)34(29)17-19-7-10-25-27(14-19)40-18-39-25/h7-12,14-16,29H,3-6,13,17-18H2,1-2H3. The van der Waals surface area contributed by atoms with Crippen molar-refractivity contribution in [1.29, 1.82) is 0 Å². The summed E-state index contributed by atoms with van der Waals surface area (Å²) >= 11 is 6.22. The van der Waals surface area contributed by atoms with E-state index in [4.69, 9.17) is 35.0 Å². The molecule has 8 nitrogen and oxygen atoms in total. The Morgan fingerprint density at radius 3 is 2.63 bits per heavy atom. The number of ether oxygens (including phenoxy) is 4. The van der Waals surface area contributed by atoms with Crippen molar-refractivity contribution >= 4 is 28.5 Å². The number of carbonyl (C=O) groups excluding carboxylic acids is 1. The average molecular weight is 576 g/mol. The molecular weight excluding hydrogens is 546 g/mol. The van der Waals surface area contributed by atoms with Crippen molar-refractivity contribution in [2.24, 2.45) is 0 Å². The summed E-state index contributed by atoms with van der Waals surface area (Å²) in [6.07, 6.45) is 4.36. The number of halogens is 1. The highest BCUT2D eigenvalue weighted by Gasteiger charge is 2.43. The van der Waals surface area contributed by atoms with Gasteiger partial charge in [-0.1, -0.05) is 49.9 Å². The molecule has 1 aromatic heterocycles. The fourth-order valence-corrected chi connectivity index (χ4v) is 5.59. The van der Waals surface area contributed by atoms with Crippen LogP contribution in [0.3, 0.4) is 0 Å². The number of hydrogen-bond donors (Lipinski definition) is 0. The summed E-state index contributed by atoms with van der Waals surface area (Å²) in [4.78, 5) is 29.4. The fourth-order valence-electron chi connectivity index (χ4n) is 5.42. The quantitative estimate of drug-likeness (QED) is 0.190. The number of rotatable bonds is 10. The molecule has 1 atom stereocenters. The van der Waals surface area contributed by atoms with Gasteiger partial charge in [-0.25, -0.2) is 0 Å². The van der Waals surface area contributed by atoms with Crippen molar-refractivity contribution in [1.82, 2.24) is 4.90 Å². The molecule has 2 aliphatic rings. The molecule has 1 amide bonds. The van der Waals surface area contributed by atoms with Gasteiger partial charge in [0.25, 0.3) is 5.91 Å². The number of amides is 1. The van der Waals surface area contributed by atoms with Crippen molar-refractivity contribution in [3.05, 3.63) is 92.3 Å². The van der Waals surface area contributed by atoms with Gasteiger partial charge in [0.2, 0.25) is 12.6 Å². The lowest BCUT2D eigenvalue weighted by atomic mass is 9.97. The predicted molar refractivity (Wildman–Crippen MR) is 154 cm³/mol. The maximum Gasteiger partial charge on any atom is 0.291 e. The zero-order valence-corrected chi connectivity index (χ0v) is 23.7. The fraction of sp³-hybridized carbons (Fsp3) is 0.312. The van der Waals surface area contributed by atoms with E-state index in [-0.39, 0.29) is 36.0 Å². The van der Waals surface area contributed by atoms with Gasteiger partial charge in [0.15, 0.2) is 28.4 Å². The van der Waals surface area contributed by atoms with Gasteiger partial charge in [0.1, 0.15) is 5.58 Å². The third-order valence-corrected chi connectivity index (χ3v) is 7.71. The van der Waals surface area contributed by atoms with Crippen LogP contribution in [-0.2, 0) is 6.54 Å². The minimum absolute atomic E-state index is 0.0192. The highest BCUT2D eigenvalue weighted by molar-refractivity contribution is 6.31. The van der Waals surface area contributed by atoms with Gasteiger partial charge in [-0.05, 0) is 60.0 Å². The Labute approximate surface area is 242 Å². The van der Waals surface area contributed by atoms with E-state index in [9.17, 15) is 9.59 Å². The van der Waals surface area contributed by atoms with Crippen LogP contribution in [0.25, 0.3) is 11.0 Å². The van der Waals surface area contributed by atoms with Crippen molar-refractivity contribution < 1.29 is 28.2 Å². The van der Waals surface area contributed by atoms with E-state index >= 15 is 0 Å². The molecule has 1 unspecified atom stereocenters. The van der Waals surface area contributed by atoms with E-state index in [1.165, 1.54) is 0 Å². The summed E-state index contributed by atoms with van der Waals surface area (Å²) in [5.41, 5.74) is 1.78. The second-order valence-corrected chi connectivity index (χ2v) is 10.6. The van der Waals surface area contributed by atoms with Crippen LogP contribution in [0.5, 0.6) is 23.0 Å². The molecule has 0 saturated heterocycles. The number of methoxy groups -OCH3 is 1. The number of benzene rings is 3. The zero-order chi connectivity index (χ0) is 28.5. The van der Waals surface area contributed by atoms with Crippen LogP contribution in [0.1, 0.15) is 65.9 Å². The lowest BCUT2D eigenvalue weighted by molar-refractivity contribution is 0.0714. The van der Waals surface area contributed by atoms with Crippen LogP contribution in [0.2, 0.25) is 5.02 Å². The van der Waals surface area contributed by atoms with Crippen LogP contribution >= 0.6 is 11.6 Å². The molecule has 212 valence electrons. The summed E-state index contributed by atoms with van der Waals surface area (Å²) in [6, 6.07) is 15.1. The molecule has 41 heavy (non-hydrogen) atoms. The summed E-state index contributed by atoms with van der Waals surface area (Å²) in [5, 5.41) is 0.725. The van der Waals surface area contributed by atoms with Gasteiger partial charge in [0, 0.05) is 11.6 Å². The molecule has 2 aliphatic heterocycles. The molecule has 0 spiro atoms. The van der Waals surface area contributed by atoms with E-state index in [1.54, 1.807) is 30.2 Å². The summed E-state index contributed by atoms with van der Waals surface area (Å²) in [5.74, 6) is 2.03. The van der Waals surface area contributed by atoms with Crippen molar-refractivity contribution in [2.45, 2.75) is 45.2 Å². The Hall–Kier alpha value is -4.17. The van der Waals surface area contributed by atoms with Gasteiger partial charge in [-0.2, -0.15) is 0 Å². The number of hydrogen-bond acceptors (Lipinski definition) is 7. The zero-order valence-electron chi connectivity index (χ0n) is 22.9. The first-order chi connectivity index (χ1) is 20.0. The maximum absolute atomic E-state index is 13.9. The van der Waals surface area contributed by atoms with Crippen molar-refractivity contribution in [3.63, 3.8) is 0 Å². The smallest absolute Gasteiger partial charge is 0.291 e. The number of carbonyl (C=O) groups is 1. The first-order valence-electron chi connectivity index (χ1n) is 13.7. The van der Waals surface area contributed by atoms with Crippen LogP contribution in [0, 0.1) is 0 Å². The summed E-state index contributed by atoms with van der Waals surface area (Å²) < 4.78 is 28.7. The van der Waals surface area contributed by atoms with Gasteiger partial charge >= 0.3 is 0 Å². The predicted octanol–water partition coefficient (Wildman–Crippen LogP) is 6.89. The van der Waals surface area contributed by atoms with Crippen LogP contribution < -0.4 is 24.4 Å². The normalized spacial score (nSPS) is 15.4. The molecule has 0 N–H and O–H groups in total. The summed E-state index contributed by atoms with van der Waals surface area (Å²) in [6.45, 7) is 3.10. The Balaban J connectivity index is 1.42. The molecule has 4 aromatic rings. The molecule has 3 heterocycles. The highest BCUT2D eigenvalue weighted by Crippen LogP contribution is 2.42. The lowest BCUT2D eigenvalue weighted by Gasteiger charge is -2.26. The minimum Gasteiger partial charge on any atom is -0.493 e. The monoisotopic (exact) mass is 575 g/mol. The van der Waals surface area contributed by atoms with Crippen molar-refractivity contribution in [3.8, 4) is 23.0 Å². The van der Waals surface area contributed by atoms with E-state index in [0.717, 1.165) is 31.2 Å². The first-order valence-corrected chi connectivity index (χ1v) is 14.1. The van der Waals surface area contributed by atoms with Gasteiger partial charge in [0.05, 0.1) is 30.7 Å². The third-order valence-electron chi connectivity index (χ3n) is 7.48. The molecule has 0 aliphatic carbocycles. The highest BCUT2D eigenvalue weighted by atomic mass is 35.5. The second-order valence-electron chi connectivity index (χ2n) is 10.2. The maximum atomic E-state index is 13.9. The lowest BCUT2D eigenvalue weighted by Crippen LogP contribution is -2.29. The largest absolute Gasteiger partial charge is 0.493 e. The van der Waals surface area contributed by atoms with Gasteiger partial charge in [-0.3, -0.25) is 9.59 Å². The Morgan fingerprint density at radius 1 is 0.951 bits per heavy atom. The van der Waals surface area contributed by atoms with Gasteiger partial charge < -0.3 is 28.3 Å². The average Bonchev–Trinajstić information content (AvgIpc) is 3.56.